The minimum absolute atomic E-state index is 0.0283. The molecule has 0 atom stereocenters. The molecule has 1 aliphatic rings. The summed E-state index contributed by atoms with van der Waals surface area (Å²) in [5.74, 6) is 0.610. The van der Waals surface area contributed by atoms with Crippen LogP contribution in [0.15, 0.2) is 60.7 Å². The molecule has 0 aliphatic carbocycles. The number of nitrogens with two attached hydrogens (primary N) is 1. The molecule has 0 spiro atoms. The fourth-order valence-corrected chi connectivity index (χ4v) is 4.32. The third-order valence-corrected chi connectivity index (χ3v) is 6.27. The number of primary amides is 1. The number of carbonyl (C=O) groups is 3. The van der Waals surface area contributed by atoms with Gasteiger partial charge in [0.25, 0.3) is 11.8 Å². The number of carbonyl (C=O) groups excluding carboxylic acids is 3. The second-order valence-electron chi connectivity index (χ2n) is 7.51. The lowest BCUT2D eigenvalue weighted by atomic mass is 10.1. The molecule has 2 heterocycles. The van der Waals surface area contributed by atoms with E-state index in [9.17, 15) is 14.4 Å². The van der Waals surface area contributed by atoms with Crippen LogP contribution in [0.1, 0.15) is 35.3 Å². The number of rotatable bonds is 5. The fraction of sp³-hybridized carbons (Fsp3) is 0.208. The van der Waals surface area contributed by atoms with Gasteiger partial charge in [0.05, 0.1) is 4.88 Å². The van der Waals surface area contributed by atoms with Gasteiger partial charge < -0.3 is 20.3 Å². The third kappa shape index (κ3) is 4.81. The second-order valence-corrected chi connectivity index (χ2v) is 8.80. The Balaban J connectivity index is 1.33. The maximum Gasteiger partial charge on any atom is 0.264 e. The molecule has 3 amide bonds. The number of thiophene rings is 1. The van der Waals surface area contributed by atoms with Crippen molar-refractivity contribution in [3.05, 3.63) is 81.5 Å². The standard InChI is InChI=1S/C24H23N3O4S/c1-16-2-11-21(32-16)24(30)27-14-12-26(13-15-27)23(29)18-5-9-20(10-6-18)31-19-7-3-17(4-8-19)22(25)28/h2-11H,12-15H2,1H3,(H2,25,28). The van der Waals surface area contributed by atoms with Crippen molar-refractivity contribution in [3.63, 3.8) is 0 Å². The largest absolute Gasteiger partial charge is 0.457 e. The average molecular weight is 450 g/mol. The molecule has 0 radical (unpaired) electrons. The van der Waals surface area contributed by atoms with Crippen LogP contribution in [0.2, 0.25) is 0 Å². The highest BCUT2D eigenvalue weighted by Crippen LogP contribution is 2.23. The Kier molecular flexibility index (Phi) is 6.23. The predicted molar refractivity (Wildman–Crippen MR) is 122 cm³/mol. The highest BCUT2D eigenvalue weighted by atomic mass is 32.1. The summed E-state index contributed by atoms with van der Waals surface area (Å²) in [6.45, 7) is 4.01. The first kappa shape index (κ1) is 21.6. The molecule has 2 aromatic carbocycles. The van der Waals surface area contributed by atoms with E-state index >= 15 is 0 Å². The Bertz CT molecular complexity index is 1130. The van der Waals surface area contributed by atoms with Crippen LogP contribution in [0.5, 0.6) is 11.5 Å². The maximum absolute atomic E-state index is 12.9. The normalized spacial score (nSPS) is 13.7. The van der Waals surface area contributed by atoms with Crippen molar-refractivity contribution in [2.45, 2.75) is 6.92 Å². The zero-order chi connectivity index (χ0) is 22.7. The van der Waals surface area contributed by atoms with Gasteiger partial charge in [0, 0.05) is 42.2 Å². The Morgan fingerprint density at radius 1 is 0.750 bits per heavy atom. The van der Waals surface area contributed by atoms with Crippen LogP contribution in [-0.2, 0) is 0 Å². The van der Waals surface area contributed by atoms with Crippen LogP contribution >= 0.6 is 11.3 Å². The molecule has 7 nitrogen and oxygen atoms in total. The summed E-state index contributed by atoms with van der Waals surface area (Å²) in [5, 5.41) is 0. The number of aryl methyl sites for hydroxylation is 1. The van der Waals surface area contributed by atoms with E-state index < -0.39 is 5.91 Å². The number of nitrogens with zero attached hydrogens (tertiary/aromatic N) is 2. The summed E-state index contributed by atoms with van der Waals surface area (Å²) in [6.07, 6.45) is 0. The number of piperazine rings is 1. The van der Waals surface area contributed by atoms with Gasteiger partial charge in [-0.15, -0.1) is 11.3 Å². The van der Waals surface area contributed by atoms with E-state index in [2.05, 4.69) is 0 Å². The Hall–Kier alpha value is -3.65. The van der Waals surface area contributed by atoms with Gasteiger partial charge in [-0.05, 0) is 67.6 Å². The summed E-state index contributed by atoms with van der Waals surface area (Å²) in [6, 6.07) is 17.2. The quantitative estimate of drug-likeness (QED) is 0.645. The monoisotopic (exact) mass is 449 g/mol. The highest BCUT2D eigenvalue weighted by molar-refractivity contribution is 7.13. The lowest BCUT2D eigenvalue weighted by molar-refractivity contribution is 0.0538. The van der Waals surface area contributed by atoms with Crippen LogP contribution in [-0.4, -0.2) is 53.7 Å². The molecule has 3 aromatic rings. The van der Waals surface area contributed by atoms with E-state index in [1.807, 2.05) is 19.1 Å². The second kappa shape index (κ2) is 9.23. The summed E-state index contributed by atoms with van der Waals surface area (Å²) in [5.41, 5.74) is 6.21. The van der Waals surface area contributed by atoms with Gasteiger partial charge in [-0.25, -0.2) is 0 Å². The zero-order valence-electron chi connectivity index (χ0n) is 17.6. The van der Waals surface area contributed by atoms with E-state index in [0.717, 1.165) is 9.75 Å². The Labute approximate surface area is 190 Å². The van der Waals surface area contributed by atoms with Gasteiger partial charge in [-0.3, -0.25) is 14.4 Å². The SMILES string of the molecule is Cc1ccc(C(=O)N2CCN(C(=O)c3ccc(Oc4ccc(C(N)=O)cc4)cc3)CC2)s1. The van der Waals surface area contributed by atoms with E-state index in [1.165, 1.54) is 11.3 Å². The first-order valence-corrected chi connectivity index (χ1v) is 11.0. The van der Waals surface area contributed by atoms with Crippen molar-refractivity contribution in [2.75, 3.05) is 26.2 Å². The Morgan fingerprint density at radius 3 is 1.72 bits per heavy atom. The Morgan fingerprint density at radius 2 is 1.25 bits per heavy atom. The molecule has 1 saturated heterocycles. The van der Waals surface area contributed by atoms with Gasteiger partial charge in [0.15, 0.2) is 0 Å². The van der Waals surface area contributed by atoms with Crippen LogP contribution in [0, 0.1) is 6.92 Å². The van der Waals surface area contributed by atoms with Gasteiger partial charge in [0.1, 0.15) is 11.5 Å². The molecule has 0 bridgehead atoms. The molecule has 8 heteroatoms. The molecule has 4 rings (SSSR count). The molecule has 32 heavy (non-hydrogen) atoms. The van der Waals surface area contributed by atoms with Crippen molar-refractivity contribution in [1.29, 1.82) is 0 Å². The minimum Gasteiger partial charge on any atom is -0.457 e. The number of ether oxygens (including phenoxy) is 1. The van der Waals surface area contributed by atoms with Crippen LogP contribution in [0.25, 0.3) is 0 Å². The molecule has 164 valence electrons. The summed E-state index contributed by atoms with van der Waals surface area (Å²) in [7, 11) is 0. The molecule has 0 unspecified atom stereocenters. The summed E-state index contributed by atoms with van der Waals surface area (Å²) >= 11 is 1.49. The van der Waals surface area contributed by atoms with Gasteiger partial charge in [-0.1, -0.05) is 0 Å². The van der Waals surface area contributed by atoms with E-state index in [-0.39, 0.29) is 11.8 Å². The lowest BCUT2D eigenvalue weighted by Crippen LogP contribution is -2.50. The van der Waals surface area contributed by atoms with Crippen molar-refractivity contribution in [1.82, 2.24) is 9.80 Å². The topological polar surface area (TPSA) is 92.9 Å². The summed E-state index contributed by atoms with van der Waals surface area (Å²) in [4.78, 5) is 42.0. The van der Waals surface area contributed by atoms with E-state index in [1.54, 1.807) is 58.3 Å². The zero-order valence-corrected chi connectivity index (χ0v) is 18.4. The number of hydrogen-bond acceptors (Lipinski definition) is 5. The van der Waals surface area contributed by atoms with Gasteiger partial charge in [0.2, 0.25) is 5.91 Å². The molecule has 1 fully saturated rings. The number of amides is 3. The number of benzene rings is 2. The van der Waals surface area contributed by atoms with Crippen LogP contribution in [0.3, 0.4) is 0 Å². The van der Waals surface area contributed by atoms with Gasteiger partial charge >= 0.3 is 0 Å². The van der Waals surface area contributed by atoms with E-state index in [4.69, 9.17) is 10.5 Å². The molecular formula is C24H23N3O4S. The molecule has 1 aliphatic heterocycles. The third-order valence-electron chi connectivity index (χ3n) is 5.28. The molecular weight excluding hydrogens is 426 g/mol. The van der Waals surface area contributed by atoms with Crippen molar-refractivity contribution in [2.24, 2.45) is 5.73 Å². The highest BCUT2D eigenvalue weighted by Gasteiger charge is 2.26. The van der Waals surface area contributed by atoms with Crippen molar-refractivity contribution >= 4 is 29.1 Å². The first-order valence-electron chi connectivity index (χ1n) is 10.2. The smallest absolute Gasteiger partial charge is 0.264 e. The van der Waals surface area contributed by atoms with Crippen LogP contribution in [0.4, 0.5) is 0 Å². The maximum atomic E-state index is 12.9. The first-order chi connectivity index (χ1) is 15.4. The van der Waals surface area contributed by atoms with E-state index in [0.29, 0.717) is 48.8 Å². The molecule has 2 N–H and O–H groups in total. The molecule has 0 saturated carbocycles. The fourth-order valence-electron chi connectivity index (χ4n) is 3.49. The minimum atomic E-state index is -0.494. The number of hydrogen-bond donors (Lipinski definition) is 1. The summed E-state index contributed by atoms with van der Waals surface area (Å²) < 4.78 is 5.76. The molecule has 1 aromatic heterocycles. The predicted octanol–water partition coefficient (Wildman–Crippen LogP) is 3.55. The van der Waals surface area contributed by atoms with Gasteiger partial charge in [-0.2, -0.15) is 0 Å². The lowest BCUT2D eigenvalue weighted by Gasteiger charge is -2.34. The van der Waals surface area contributed by atoms with Crippen molar-refractivity contribution in [3.8, 4) is 11.5 Å². The van der Waals surface area contributed by atoms with Crippen molar-refractivity contribution < 1.29 is 19.1 Å². The van der Waals surface area contributed by atoms with Crippen LogP contribution < -0.4 is 10.5 Å². The average Bonchev–Trinajstić information content (AvgIpc) is 3.25.